The Morgan fingerprint density at radius 2 is 2.20 bits per heavy atom. The Morgan fingerprint density at radius 3 is 2.80 bits per heavy atom. The van der Waals surface area contributed by atoms with Crippen molar-refractivity contribution in [2.75, 3.05) is 13.1 Å². The van der Waals surface area contributed by atoms with E-state index in [1.54, 1.807) is 6.07 Å². The third kappa shape index (κ3) is 4.45. The maximum Gasteiger partial charge on any atom is 0.220 e. The van der Waals surface area contributed by atoms with Crippen LogP contribution in [0.15, 0.2) is 6.07 Å². The Hall–Kier alpha value is -0.620. The van der Waals surface area contributed by atoms with Crippen LogP contribution >= 0.6 is 34.5 Å². The fourth-order valence-electron chi connectivity index (χ4n) is 2.17. The lowest BCUT2D eigenvalue weighted by atomic mass is 10.1. The van der Waals surface area contributed by atoms with E-state index in [1.165, 1.54) is 0 Å². The minimum atomic E-state index is -0.143. The minimum absolute atomic E-state index is 0.0931. The minimum Gasteiger partial charge on any atom is -0.352 e. The Labute approximate surface area is 131 Å². The third-order valence-electron chi connectivity index (χ3n) is 3.20. The molecule has 0 spiro atoms. The summed E-state index contributed by atoms with van der Waals surface area (Å²) in [4.78, 5) is 23.7. The number of Topliss-reactive ketones (excluding diaryl/α,β-unsaturated/α-hetero) is 1. The molecule has 2 heterocycles. The zero-order chi connectivity index (χ0) is 14.5. The molecule has 1 aliphatic heterocycles. The molecule has 0 bridgehead atoms. The van der Waals surface area contributed by atoms with E-state index >= 15 is 0 Å². The van der Waals surface area contributed by atoms with Crippen LogP contribution in [0, 0.1) is 0 Å². The maximum absolute atomic E-state index is 11.9. The lowest BCUT2D eigenvalue weighted by molar-refractivity contribution is -0.121. The monoisotopic (exact) mass is 334 g/mol. The second kappa shape index (κ2) is 7.41. The molecule has 7 heteroatoms. The van der Waals surface area contributed by atoms with Crippen LogP contribution in [0.4, 0.5) is 0 Å². The molecule has 1 amide bonds. The molecule has 1 aliphatic rings. The van der Waals surface area contributed by atoms with Gasteiger partial charge in [0.05, 0.1) is 4.34 Å². The molecule has 1 atom stereocenters. The van der Waals surface area contributed by atoms with Crippen molar-refractivity contribution >= 4 is 46.2 Å². The number of thiophene rings is 1. The van der Waals surface area contributed by atoms with Gasteiger partial charge in [-0.1, -0.05) is 23.2 Å². The standard InChI is InChI=1S/C13H16Cl2N2O2S/c14-11-6-9(13(15)20-11)10(18)3-4-12(19)17-8-2-1-5-16-7-8/h6,8,16H,1-5,7H2,(H,17,19)/t8-/m0/s1. The van der Waals surface area contributed by atoms with Crippen molar-refractivity contribution < 1.29 is 9.59 Å². The molecule has 2 rings (SSSR count). The highest BCUT2D eigenvalue weighted by molar-refractivity contribution is 7.20. The first kappa shape index (κ1) is 15.8. The van der Waals surface area contributed by atoms with Crippen LogP contribution in [0.1, 0.15) is 36.0 Å². The van der Waals surface area contributed by atoms with E-state index in [0.29, 0.717) is 14.2 Å². The number of ketones is 1. The van der Waals surface area contributed by atoms with Crippen molar-refractivity contribution in [3.05, 3.63) is 20.3 Å². The van der Waals surface area contributed by atoms with Gasteiger partial charge in [-0.3, -0.25) is 9.59 Å². The molecule has 1 saturated heterocycles. The fraction of sp³-hybridized carbons (Fsp3) is 0.538. The molecule has 2 N–H and O–H groups in total. The summed E-state index contributed by atoms with van der Waals surface area (Å²) in [5.41, 5.74) is 0.411. The van der Waals surface area contributed by atoms with E-state index in [1.807, 2.05) is 0 Å². The van der Waals surface area contributed by atoms with E-state index in [9.17, 15) is 9.59 Å². The highest BCUT2D eigenvalue weighted by Gasteiger charge is 2.18. The number of rotatable bonds is 5. The van der Waals surface area contributed by atoms with E-state index in [-0.39, 0.29) is 30.6 Å². The van der Waals surface area contributed by atoms with E-state index in [0.717, 1.165) is 37.3 Å². The first-order chi connectivity index (χ1) is 9.56. The van der Waals surface area contributed by atoms with Gasteiger partial charge in [-0.25, -0.2) is 0 Å². The Bertz CT molecular complexity index is 499. The summed E-state index contributed by atoms with van der Waals surface area (Å²) in [6.07, 6.45) is 2.38. The molecule has 0 radical (unpaired) electrons. The van der Waals surface area contributed by atoms with Crippen LogP contribution < -0.4 is 10.6 Å². The molecule has 0 aromatic carbocycles. The zero-order valence-electron chi connectivity index (χ0n) is 10.9. The second-order valence-electron chi connectivity index (χ2n) is 4.77. The molecule has 0 unspecified atom stereocenters. The Balaban J connectivity index is 1.78. The predicted molar refractivity (Wildman–Crippen MR) is 81.9 cm³/mol. The highest BCUT2D eigenvalue weighted by Crippen LogP contribution is 2.32. The summed E-state index contributed by atoms with van der Waals surface area (Å²) in [5.74, 6) is -0.237. The number of amides is 1. The highest BCUT2D eigenvalue weighted by atomic mass is 35.5. The lowest BCUT2D eigenvalue weighted by Gasteiger charge is -2.23. The van der Waals surface area contributed by atoms with Crippen molar-refractivity contribution in [3.63, 3.8) is 0 Å². The number of piperidine rings is 1. The maximum atomic E-state index is 11.9. The topological polar surface area (TPSA) is 58.2 Å². The van der Waals surface area contributed by atoms with Crippen LogP contribution in [0.2, 0.25) is 8.67 Å². The SMILES string of the molecule is O=C(CCC(=O)c1cc(Cl)sc1Cl)N[C@H]1CCCNC1. The number of carbonyl (C=O) groups is 2. The number of halogens is 2. The number of hydrogen-bond acceptors (Lipinski definition) is 4. The number of nitrogens with one attached hydrogen (secondary N) is 2. The van der Waals surface area contributed by atoms with Crippen molar-refractivity contribution in [2.45, 2.75) is 31.7 Å². The average Bonchev–Trinajstić information content (AvgIpc) is 2.76. The van der Waals surface area contributed by atoms with Crippen molar-refractivity contribution in [1.29, 1.82) is 0 Å². The first-order valence-electron chi connectivity index (χ1n) is 6.54. The van der Waals surface area contributed by atoms with Crippen LogP contribution in [0.3, 0.4) is 0 Å². The van der Waals surface area contributed by atoms with Crippen molar-refractivity contribution in [1.82, 2.24) is 10.6 Å². The Kier molecular flexibility index (Phi) is 5.84. The smallest absolute Gasteiger partial charge is 0.220 e. The van der Waals surface area contributed by atoms with Gasteiger partial charge in [0.2, 0.25) is 5.91 Å². The summed E-state index contributed by atoms with van der Waals surface area (Å²) in [5, 5.41) is 6.16. The first-order valence-corrected chi connectivity index (χ1v) is 8.11. The van der Waals surface area contributed by atoms with E-state index in [2.05, 4.69) is 10.6 Å². The summed E-state index contributed by atoms with van der Waals surface area (Å²) in [6, 6.07) is 1.73. The van der Waals surface area contributed by atoms with Crippen molar-refractivity contribution in [2.24, 2.45) is 0 Å². The zero-order valence-corrected chi connectivity index (χ0v) is 13.2. The molecule has 1 aromatic rings. The van der Waals surface area contributed by atoms with Gasteiger partial charge in [0.15, 0.2) is 5.78 Å². The van der Waals surface area contributed by atoms with Crippen LogP contribution in [0.5, 0.6) is 0 Å². The number of carbonyl (C=O) groups excluding carboxylic acids is 2. The average molecular weight is 335 g/mol. The van der Waals surface area contributed by atoms with E-state index < -0.39 is 0 Å². The number of hydrogen-bond donors (Lipinski definition) is 2. The van der Waals surface area contributed by atoms with Crippen LogP contribution in [0.25, 0.3) is 0 Å². The van der Waals surface area contributed by atoms with Crippen LogP contribution in [-0.2, 0) is 4.79 Å². The van der Waals surface area contributed by atoms with Gasteiger partial charge < -0.3 is 10.6 Å². The van der Waals surface area contributed by atoms with Gasteiger partial charge in [-0.05, 0) is 25.5 Å². The second-order valence-corrected chi connectivity index (χ2v) is 7.06. The molecule has 0 aliphatic carbocycles. The fourth-order valence-corrected chi connectivity index (χ4v) is 3.67. The summed E-state index contributed by atoms with van der Waals surface area (Å²) < 4.78 is 0.868. The molecule has 4 nitrogen and oxygen atoms in total. The van der Waals surface area contributed by atoms with Gasteiger partial charge in [0.25, 0.3) is 0 Å². The van der Waals surface area contributed by atoms with Gasteiger partial charge >= 0.3 is 0 Å². The summed E-state index contributed by atoms with van der Waals surface area (Å²) >= 11 is 12.9. The predicted octanol–water partition coefficient (Wildman–Crippen LogP) is 2.89. The van der Waals surface area contributed by atoms with Crippen LogP contribution in [-0.4, -0.2) is 30.8 Å². The summed E-state index contributed by atoms with van der Waals surface area (Å²) in [7, 11) is 0. The normalized spacial score (nSPS) is 18.8. The lowest BCUT2D eigenvalue weighted by Crippen LogP contribution is -2.45. The molecular formula is C13H16Cl2N2O2S. The molecule has 1 fully saturated rings. The van der Waals surface area contributed by atoms with Gasteiger partial charge in [-0.15, -0.1) is 11.3 Å². The molecule has 0 saturated carbocycles. The van der Waals surface area contributed by atoms with Gasteiger partial charge in [0.1, 0.15) is 4.34 Å². The molecular weight excluding hydrogens is 319 g/mol. The summed E-state index contributed by atoms with van der Waals surface area (Å²) in [6.45, 7) is 1.80. The van der Waals surface area contributed by atoms with Gasteiger partial charge in [-0.2, -0.15) is 0 Å². The Morgan fingerprint density at radius 1 is 1.40 bits per heavy atom. The van der Waals surface area contributed by atoms with Gasteiger partial charge in [0, 0.05) is 31.0 Å². The molecule has 20 heavy (non-hydrogen) atoms. The van der Waals surface area contributed by atoms with E-state index in [4.69, 9.17) is 23.2 Å². The molecule has 1 aromatic heterocycles. The quantitative estimate of drug-likeness (QED) is 0.814. The molecule has 110 valence electrons. The third-order valence-corrected chi connectivity index (χ3v) is 4.69. The van der Waals surface area contributed by atoms with Crippen molar-refractivity contribution in [3.8, 4) is 0 Å². The largest absolute Gasteiger partial charge is 0.352 e.